The minimum absolute atomic E-state index is 0.0132. The second-order valence-corrected chi connectivity index (χ2v) is 9.81. The van der Waals surface area contributed by atoms with E-state index in [9.17, 15) is 22.4 Å². The predicted octanol–water partition coefficient (Wildman–Crippen LogP) is 6.06. The monoisotopic (exact) mass is 515 g/mol. The lowest BCUT2D eigenvalue weighted by Gasteiger charge is -2.46. The van der Waals surface area contributed by atoms with Crippen molar-refractivity contribution in [3.63, 3.8) is 0 Å². The third-order valence-corrected chi connectivity index (χ3v) is 7.43. The number of alkyl halides is 3. The van der Waals surface area contributed by atoms with Crippen molar-refractivity contribution in [2.75, 3.05) is 22.9 Å². The quantitative estimate of drug-likeness (QED) is 0.397. The van der Waals surface area contributed by atoms with E-state index in [1.807, 2.05) is 31.0 Å². The van der Waals surface area contributed by atoms with E-state index in [0.717, 1.165) is 17.2 Å². The van der Waals surface area contributed by atoms with Gasteiger partial charge in [0.2, 0.25) is 0 Å². The number of anilines is 2. The molecule has 196 valence electrons. The van der Waals surface area contributed by atoms with Crippen LogP contribution in [0.4, 0.5) is 33.9 Å². The molecular formula is C27H29F4N5O. The zero-order valence-electron chi connectivity index (χ0n) is 21.0. The number of aromatic nitrogens is 2. The van der Waals surface area contributed by atoms with E-state index in [1.54, 1.807) is 28.8 Å². The van der Waals surface area contributed by atoms with Crippen LogP contribution < -0.4 is 9.80 Å². The van der Waals surface area contributed by atoms with Gasteiger partial charge in [-0.05, 0) is 49.9 Å². The summed E-state index contributed by atoms with van der Waals surface area (Å²) in [5.41, 5.74) is 1.48. The molecule has 10 heteroatoms. The van der Waals surface area contributed by atoms with Crippen LogP contribution in [0.5, 0.6) is 0 Å². The van der Waals surface area contributed by atoms with Crippen molar-refractivity contribution in [1.29, 1.82) is 0 Å². The van der Waals surface area contributed by atoms with Gasteiger partial charge in [0, 0.05) is 37.9 Å². The number of nitrogens with zero attached hydrogens (tertiary/aromatic N) is 5. The molecule has 2 aromatic carbocycles. The molecule has 3 heterocycles. The number of urea groups is 1. The van der Waals surface area contributed by atoms with Gasteiger partial charge in [-0.25, -0.2) is 9.18 Å². The van der Waals surface area contributed by atoms with Crippen LogP contribution in [0.3, 0.4) is 0 Å². The number of carbonyl (C=O) groups is 1. The Kier molecular flexibility index (Phi) is 6.37. The Hall–Kier alpha value is -3.56. The Morgan fingerprint density at radius 1 is 1.05 bits per heavy atom. The molecule has 2 aliphatic rings. The zero-order valence-corrected chi connectivity index (χ0v) is 21.0. The fraction of sp³-hybridized carbons (Fsp3) is 0.407. The van der Waals surface area contributed by atoms with E-state index in [4.69, 9.17) is 0 Å². The largest absolute Gasteiger partial charge is 0.416 e. The molecule has 5 rings (SSSR count). The molecule has 3 aromatic rings. The smallest absolute Gasteiger partial charge is 0.369 e. The van der Waals surface area contributed by atoms with Gasteiger partial charge in [0.15, 0.2) is 5.82 Å². The van der Waals surface area contributed by atoms with Gasteiger partial charge in [0.25, 0.3) is 0 Å². The van der Waals surface area contributed by atoms with Crippen molar-refractivity contribution in [2.24, 2.45) is 7.05 Å². The highest BCUT2D eigenvalue weighted by molar-refractivity contribution is 5.94. The normalized spacial score (nSPS) is 18.9. The van der Waals surface area contributed by atoms with E-state index < -0.39 is 11.7 Å². The van der Waals surface area contributed by atoms with Crippen LogP contribution in [-0.2, 0) is 19.8 Å². The zero-order chi connectivity index (χ0) is 26.5. The summed E-state index contributed by atoms with van der Waals surface area (Å²) in [7, 11) is 1.73. The first-order valence-electron chi connectivity index (χ1n) is 12.3. The van der Waals surface area contributed by atoms with Gasteiger partial charge in [-0.2, -0.15) is 18.3 Å². The number of piperidine rings is 1. The number of amides is 2. The van der Waals surface area contributed by atoms with Crippen LogP contribution >= 0.6 is 0 Å². The molecule has 0 radical (unpaired) electrons. The Morgan fingerprint density at radius 2 is 1.76 bits per heavy atom. The van der Waals surface area contributed by atoms with Crippen LogP contribution in [0.2, 0.25) is 0 Å². The molecule has 1 fully saturated rings. The number of fused-ring (bicyclic) bond motifs is 1. The van der Waals surface area contributed by atoms with Crippen LogP contribution in [0.25, 0.3) is 0 Å². The molecule has 0 saturated carbocycles. The minimum Gasteiger partial charge on any atom is -0.369 e. The van der Waals surface area contributed by atoms with Gasteiger partial charge in [0.05, 0.1) is 23.8 Å². The minimum atomic E-state index is -4.53. The molecule has 6 nitrogen and oxygen atoms in total. The lowest BCUT2D eigenvalue weighted by molar-refractivity contribution is -0.138. The van der Waals surface area contributed by atoms with E-state index >= 15 is 0 Å². The summed E-state index contributed by atoms with van der Waals surface area (Å²) in [4.78, 5) is 19.0. The van der Waals surface area contributed by atoms with E-state index in [2.05, 4.69) is 5.10 Å². The van der Waals surface area contributed by atoms with Crippen LogP contribution in [-0.4, -0.2) is 39.8 Å². The summed E-state index contributed by atoms with van der Waals surface area (Å²) >= 11 is 0. The number of hydrogen-bond acceptors (Lipinski definition) is 3. The summed E-state index contributed by atoms with van der Waals surface area (Å²) in [5.74, 6) is 0.114. The molecule has 37 heavy (non-hydrogen) atoms. The number of hydrogen-bond donors (Lipinski definition) is 0. The average molecular weight is 516 g/mol. The fourth-order valence-electron chi connectivity index (χ4n) is 5.66. The maximum atomic E-state index is 14.6. The molecule has 1 unspecified atom stereocenters. The van der Waals surface area contributed by atoms with Gasteiger partial charge >= 0.3 is 12.2 Å². The molecule has 0 bridgehead atoms. The van der Waals surface area contributed by atoms with Crippen molar-refractivity contribution >= 4 is 17.5 Å². The molecule has 0 spiro atoms. The molecular weight excluding hydrogens is 486 g/mol. The maximum absolute atomic E-state index is 14.6. The first-order chi connectivity index (χ1) is 17.6. The molecule has 2 amide bonds. The summed E-state index contributed by atoms with van der Waals surface area (Å²) in [6, 6.07) is 9.53. The van der Waals surface area contributed by atoms with Gasteiger partial charge in [-0.3, -0.25) is 9.58 Å². The standard InChI is InChI=1S/C27H29F4N5O/c1-17-7-6-10-23(28)24(17)34-13-11-20(12-14-34)36-18(2)21-16-33(3)32-25(21)35(26(36)37)15-19-8-4-5-9-22(19)27(29,30)31/h4-10,16,18,20H,11-15H2,1-3H3. The third-order valence-electron chi connectivity index (χ3n) is 7.43. The molecule has 1 atom stereocenters. The topological polar surface area (TPSA) is 44.6 Å². The fourth-order valence-corrected chi connectivity index (χ4v) is 5.66. The highest BCUT2D eigenvalue weighted by Gasteiger charge is 2.43. The number of aryl methyl sites for hydroxylation is 2. The Labute approximate surface area is 213 Å². The number of carbonyl (C=O) groups excluding carboxylic acids is 1. The second kappa shape index (κ2) is 9.39. The lowest BCUT2D eigenvalue weighted by Crippen LogP contribution is -2.55. The Morgan fingerprint density at radius 3 is 2.43 bits per heavy atom. The van der Waals surface area contributed by atoms with Crippen LogP contribution in [0, 0.1) is 12.7 Å². The number of rotatable bonds is 4. The highest BCUT2D eigenvalue weighted by atomic mass is 19.4. The van der Waals surface area contributed by atoms with Crippen molar-refractivity contribution in [2.45, 2.75) is 51.5 Å². The molecule has 0 N–H and O–H groups in total. The Balaban J connectivity index is 1.43. The van der Waals surface area contributed by atoms with E-state index in [0.29, 0.717) is 37.4 Å². The van der Waals surface area contributed by atoms with E-state index in [-0.39, 0.29) is 36.0 Å². The van der Waals surface area contributed by atoms with Crippen molar-refractivity contribution < 1.29 is 22.4 Å². The van der Waals surface area contributed by atoms with Crippen molar-refractivity contribution in [3.8, 4) is 0 Å². The van der Waals surface area contributed by atoms with Gasteiger partial charge in [-0.1, -0.05) is 30.3 Å². The molecule has 0 aliphatic carbocycles. The number of para-hydroxylation sites is 1. The highest BCUT2D eigenvalue weighted by Crippen LogP contribution is 2.41. The van der Waals surface area contributed by atoms with Crippen molar-refractivity contribution in [3.05, 3.63) is 76.7 Å². The molecule has 1 aromatic heterocycles. The second-order valence-electron chi connectivity index (χ2n) is 9.81. The predicted molar refractivity (Wildman–Crippen MR) is 133 cm³/mol. The first kappa shape index (κ1) is 25.1. The van der Waals surface area contributed by atoms with Crippen molar-refractivity contribution in [1.82, 2.24) is 14.7 Å². The van der Waals surface area contributed by atoms with Gasteiger partial charge < -0.3 is 9.80 Å². The van der Waals surface area contributed by atoms with E-state index in [1.165, 1.54) is 23.1 Å². The summed E-state index contributed by atoms with van der Waals surface area (Å²) in [6.07, 6.45) is -1.48. The van der Waals surface area contributed by atoms with Crippen LogP contribution in [0.1, 0.15) is 48.1 Å². The summed E-state index contributed by atoms with van der Waals surface area (Å²) in [5, 5.41) is 4.44. The first-order valence-corrected chi connectivity index (χ1v) is 12.3. The van der Waals surface area contributed by atoms with Gasteiger partial charge in [-0.15, -0.1) is 0 Å². The van der Waals surface area contributed by atoms with Crippen LogP contribution in [0.15, 0.2) is 48.7 Å². The maximum Gasteiger partial charge on any atom is 0.416 e. The molecule has 1 saturated heterocycles. The third kappa shape index (κ3) is 4.53. The molecule has 2 aliphatic heterocycles. The Bertz CT molecular complexity index is 1290. The summed E-state index contributed by atoms with van der Waals surface area (Å²) < 4.78 is 57.2. The SMILES string of the molecule is Cc1cccc(F)c1N1CCC(N2C(=O)N(Cc3ccccc3C(F)(F)F)c3nn(C)cc3C2C)CC1. The average Bonchev–Trinajstić information content (AvgIpc) is 3.24. The number of benzene rings is 2. The van der Waals surface area contributed by atoms with Gasteiger partial charge in [0.1, 0.15) is 5.82 Å². The number of halogens is 4. The lowest BCUT2D eigenvalue weighted by atomic mass is 9.96. The summed E-state index contributed by atoms with van der Waals surface area (Å²) in [6.45, 7) is 4.70.